The van der Waals surface area contributed by atoms with Gasteiger partial charge in [0.25, 0.3) is 0 Å². The number of aliphatic hydroxyl groups is 1. The molecule has 0 rings (SSSR count). The molecule has 4 heteroatoms. The van der Waals surface area contributed by atoms with Crippen molar-refractivity contribution in [1.29, 1.82) is 0 Å². The zero-order valence-corrected chi connectivity index (χ0v) is 11.3. The summed E-state index contributed by atoms with van der Waals surface area (Å²) in [6, 6.07) is 0.841. The van der Waals surface area contributed by atoms with Crippen LogP contribution in [0, 0.1) is 0 Å². The van der Waals surface area contributed by atoms with E-state index in [1.807, 2.05) is 0 Å². The molecule has 0 bridgehead atoms. The van der Waals surface area contributed by atoms with Crippen molar-refractivity contribution in [1.82, 2.24) is 4.90 Å². The fourth-order valence-corrected chi connectivity index (χ4v) is 2.86. The van der Waals surface area contributed by atoms with E-state index in [4.69, 9.17) is 17.3 Å². The Labute approximate surface area is 97.1 Å². The van der Waals surface area contributed by atoms with Crippen LogP contribution in [0.4, 0.5) is 0 Å². The first kappa shape index (κ1) is 14.2. The van der Waals surface area contributed by atoms with Crippen LogP contribution in [0.25, 0.3) is 0 Å². The van der Waals surface area contributed by atoms with E-state index in [9.17, 15) is 0 Å². The quantitative estimate of drug-likeness (QED) is 0.756. The van der Waals surface area contributed by atoms with Gasteiger partial charge in [0, 0.05) is 17.8 Å². The van der Waals surface area contributed by atoms with Crippen molar-refractivity contribution in [2.75, 3.05) is 5.75 Å². The molecule has 2 nitrogen and oxygen atoms in total. The lowest BCUT2D eigenvalue weighted by atomic mass is 10.2. The monoisotopic (exact) mass is 235 g/mol. The Morgan fingerprint density at radius 3 is 1.93 bits per heavy atom. The van der Waals surface area contributed by atoms with Crippen LogP contribution in [0.1, 0.15) is 34.6 Å². The third-order valence-corrected chi connectivity index (χ3v) is 3.44. The predicted molar refractivity (Wildman–Crippen MR) is 68.8 cm³/mol. The van der Waals surface area contributed by atoms with E-state index in [2.05, 4.69) is 32.6 Å². The van der Waals surface area contributed by atoms with Gasteiger partial charge in [-0.3, -0.25) is 0 Å². The molecule has 0 spiro atoms. The number of hydrogen-bond donors (Lipinski definition) is 1. The molecule has 1 N–H and O–H groups in total. The summed E-state index contributed by atoms with van der Waals surface area (Å²) in [5.41, 5.74) is 0. The van der Waals surface area contributed by atoms with Gasteiger partial charge < -0.3 is 10.0 Å². The Balaban J connectivity index is 4.17. The van der Waals surface area contributed by atoms with Crippen LogP contribution in [0.3, 0.4) is 0 Å². The van der Waals surface area contributed by atoms with Crippen LogP contribution in [-0.4, -0.2) is 38.3 Å². The van der Waals surface area contributed by atoms with E-state index >= 15 is 0 Å². The number of hydrogen-bond acceptors (Lipinski definition) is 3. The van der Waals surface area contributed by atoms with Crippen LogP contribution >= 0.6 is 24.0 Å². The van der Waals surface area contributed by atoms with Gasteiger partial charge in [0.05, 0.1) is 6.10 Å². The molecule has 0 aliphatic rings. The lowest BCUT2D eigenvalue weighted by Crippen LogP contribution is -2.40. The van der Waals surface area contributed by atoms with Gasteiger partial charge in [-0.1, -0.05) is 24.0 Å². The van der Waals surface area contributed by atoms with Crippen LogP contribution < -0.4 is 0 Å². The van der Waals surface area contributed by atoms with Gasteiger partial charge in [0.15, 0.2) is 0 Å². The van der Waals surface area contributed by atoms with Crippen molar-refractivity contribution < 1.29 is 5.11 Å². The molecule has 0 heterocycles. The van der Waals surface area contributed by atoms with E-state index < -0.39 is 0 Å². The highest BCUT2D eigenvalue weighted by Crippen LogP contribution is 2.16. The van der Waals surface area contributed by atoms with Gasteiger partial charge in [-0.2, -0.15) is 0 Å². The van der Waals surface area contributed by atoms with Gasteiger partial charge in [-0.15, -0.1) is 0 Å². The average molecular weight is 235 g/mol. The van der Waals surface area contributed by atoms with Crippen LogP contribution in [0.2, 0.25) is 0 Å². The van der Waals surface area contributed by atoms with Crippen LogP contribution in [0.15, 0.2) is 0 Å². The molecule has 0 aromatic carbocycles. The first-order valence-corrected chi connectivity index (χ1v) is 6.38. The maximum atomic E-state index is 9.16. The van der Waals surface area contributed by atoms with Gasteiger partial charge in [0.1, 0.15) is 4.32 Å². The number of thioether (sulfide) groups is 1. The number of aliphatic hydroxyl groups excluding tert-OH is 1. The minimum atomic E-state index is -0.292. The standard InChI is InChI=1S/C10H21NOS2/c1-7(2)11(8(3)4)10(13)14-6-9(5)12/h7-9,12H,6H2,1-5H3. The van der Waals surface area contributed by atoms with Crippen molar-refractivity contribution in [3.8, 4) is 0 Å². The van der Waals surface area contributed by atoms with E-state index in [0.717, 1.165) is 4.32 Å². The summed E-state index contributed by atoms with van der Waals surface area (Å²) >= 11 is 6.88. The Morgan fingerprint density at radius 1 is 1.21 bits per heavy atom. The van der Waals surface area contributed by atoms with E-state index in [0.29, 0.717) is 17.8 Å². The maximum absolute atomic E-state index is 9.16. The molecule has 84 valence electrons. The third kappa shape index (κ3) is 5.17. The fraction of sp³-hybridized carbons (Fsp3) is 0.900. The first-order valence-electron chi connectivity index (χ1n) is 4.99. The Morgan fingerprint density at radius 2 is 1.64 bits per heavy atom. The number of thiocarbonyl (C=S) groups is 1. The molecule has 0 saturated carbocycles. The summed E-state index contributed by atoms with van der Waals surface area (Å²) in [6.07, 6.45) is -0.292. The van der Waals surface area contributed by atoms with E-state index in [1.165, 1.54) is 0 Å². The second kappa shape index (κ2) is 6.64. The highest BCUT2D eigenvalue weighted by molar-refractivity contribution is 8.22. The Hall–Kier alpha value is 0.200. The third-order valence-electron chi connectivity index (χ3n) is 1.77. The molecular weight excluding hydrogens is 214 g/mol. The molecule has 0 aromatic rings. The number of rotatable bonds is 4. The molecule has 14 heavy (non-hydrogen) atoms. The van der Waals surface area contributed by atoms with Gasteiger partial charge in [-0.25, -0.2) is 0 Å². The Kier molecular flexibility index (Phi) is 6.74. The zero-order chi connectivity index (χ0) is 11.3. The molecular formula is C10H21NOS2. The van der Waals surface area contributed by atoms with Crippen molar-refractivity contribution in [2.24, 2.45) is 0 Å². The normalized spacial score (nSPS) is 13.4. The minimum absolute atomic E-state index is 0.292. The lowest BCUT2D eigenvalue weighted by Gasteiger charge is -2.32. The largest absolute Gasteiger partial charge is 0.393 e. The molecule has 0 fully saturated rings. The summed E-state index contributed by atoms with van der Waals surface area (Å²) in [5, 5.41) is 9.16. The molecule has 0 radical (unpaired) electrons. The second-order valence-corrected chi connectivity index (χ2v) is 5.67. The smallest absolute Gasteiger partial charge is 0.136 e. The predicted octanol–water partition coefficient (Wildman–Crippen LogP) is 2.50. The molecule has 0 aromatic heterocycles. The molecule has 0 aliphatic heterocycles. The highest BCUT2D eigenvalue weighted by Gasteiger charge is 2.17. The molecule has 0 saturated heterocycles. The van der Waals surface area contributed by atoms with Gasteiger partial charge >= 0.3 is 0 Å². The zero-order valence-electron chi connectivity index (χ0n) is 9.65. The molecule has 0 aliphatic carbocycles. The highest BCUT2D eigenvalue weighted by atomic mass is 32.2. The molecule has 1 atom stereocenters. The van der Waals surface area contributed by atoms with Crippen molar-refractivity contribution in [3.63, 3.8) is 0 Å². The Bertz CT molecular complexity index is 173. The summed E-state index contributed by atoms with van der Waals surface area (Å²) in [5.74, 6) is 0.675. The summed E-state index contributed by atoms with van der Waals surface area (Å²) < 4.78 is 0.885. The minimum Gasteiger partial charge on any atom is -0.393 e. The SMILES string of the molecule is CC(O)CSC(=S)N(C(C)C)C(C)C. The van der Waals surface area contributed by atoms with E-state index in [-0.39, 0.29) is 6.10 Å². The van der Waals surface area contributed by atoms with Crippen LogP contribution in [-0.2, 0) is 0 Å². The van der Waals surface area contributed by atoms with Crippen molar-refractivity contribution in [2.45, 2.75) is 52.8 Å². The summed E-state index contributed by atoms with van der Waals surface area (Å²) in [7, 11) is 0. The topological polar surface area (TPSA) is 23.5 Å². The second-order valence-electron chi connectivity index (χ2n) is 4.02. The fourth-order valence-electron chi connectivity index (χ4n) is 1.28. The van der Waals surface area contributed by atoms with Gasteiger partial charge in [0.2, 0.25) is 0 Å². The lowest BCUT2D eigenvalue weighted by molar-refractivity contribution is 0.220. The molecule has 1 unspecified atom stereocenters. The van der Waals surface area contributed by atoms with Gasteiger partial charge in [-0.05, 0) is 34.6 Å². The van der Waals surface area contributed by atoms with Crippen LogP contribution in [0.5, 0.6) is 0 Å². The maximum Gasteiger partial charge on any atom is 0.136 e. The molecule has 0 amide bonds. The number of nitrogens with zero attached hydrogens (tertiary/aromatic N) is 1. The van der Waals surface area contributed by atoms with Crippen molar-refractivity contribution >= 4 is 28.3 Å². The summed E-state index contributed by atoms with van der Waals surface area (Å²) in [4.78, 5) is 2.20. The van der Waals surface area contributed by atoms with Crippen molar-refractivity contribution in [3.05, 3.63) is 0 Å². The average Bonchev–Trinajstić information content (AvgIpc) is 1.99. The van der Waals surface area contributed by atoms with E-state index in [1.54, 1.807) is 18.7 Å². The summed E-state index contributed by atoms with van der Waals surface area (Å²) in [6.45, 7) is 10.3. The first-order chi connectivity index (χ1) is 6.36.